The summed E-state index contributed by atoms with van der Waals surface area (Å²) < 4.78 is 4.46. The van der Waals surface area contributed by atoms with Crippen LogP contribution in [-0.4, -0.2) is 40.2 Å². The molecule has 86 valence electrons. The highest BCUT2D eigenvalue weighted by atomic mass is 16.5. The summed E-state index contributed by atoms with van der Waals surface area (Å²) in [6.45, 7) is 1.45. The number of aliphatic carboxylic acids is 1. The quantitative estimate of drug-likeness (QED) is 0.703. The van der Waals surface area contributed by atoms with E-state index >= 15 is 0 Å². The highest BCUT2D eigenvalue weighted by Gasteiger charge is 2.13. The van der Waals surface area contributed by atoms with Crippen molar-refractivity contribution in [1.82, 2.24) is 9.97 Å². The molecule has 0 bridgehead atoms. The molecule has 1 heterocycles. The minimum absolute atomic E-state index is 0.0186. The van der Waals surface area contributed by atoms with Crippen LogP contribution in [0.25, 0.3) is 0 Å². The van der Waals surface area contributed by atoms with Crippen molar-refractivity contribution in [1.29, 1.82) is 0 Å². The van der Waals surface area contributed by atoms with Crippen LogP contribution < -0.4 is 5.32 Å². The zero-order chi connectivity index (χ0) is 12.1. The Morgan fingerprint density at radius 2 is 2.19 bits per heavy atom. The third kappa shape index (κ3) is 2.91. The second kappa shape index (κ2) is 5.06. The van der Waals surface area contributed by atoms with Crippen LogP contribution in [0.5, 0.6) is 0 Å². The van der Waals surface area contributed by atoms with E-state index in [1.54, 1.807) is 0 Å². The second-order valence-electron chi connectivity index (χ2n) is 2.99. The van der Waals surface area contributed by atoms with Gasteiger partial charge in [0.1, 0.15) is 11.9 Å². The van der Waals surface area contributed by atoms with E-state index in [2.05, 4.69) is 20.0 Å². The first-order valence-electron chi connectivity index (χ1n) is 4.44. The number of methoxy groups -OCH3 is 1. The van der Waals surface area contributed by atoms with E-state index in [1.807, 2.05) is 0 Å². The predicted octanol–water partition coefficient (Wildman–Crippen LogP) is 0.148. The number of hydrogen-bond donors (Lipinski definition) is 2. The van der Waals surface area contributed by atoms with Gasteiger partial charge in [-0.15, -0.1) is 0 Å². The molecule has 0 aromatic carbocycles. The molecule has 2 N–H and O–H groups in total. The van der Waals surface area contributed by atoms with Gasteiger partial charge in [-0.2, -0.15) is 0 Å². The average Bonchev–Trinajstić information content (AvgIpc) is 2.28. The van der Waals surface area contributed by atoms with Crippen molar-refractivity contribution in [2.45, 2.75) is 13.0 Å². The van der Waals surface area contributed by atoms with Crippen LogP contribution in [0.4, 0.5) is 5.82 Å². The summed E-state index contributed by atoms with van der Waals surface area (Å²) in [5.74, 6) is -1.44. The molecule has 0 fully saturated rings. The number of nitrogens with zero attached hydrogens (tertiary/aromatic N) is 2. The van der Waals surface area contributed by atoms with Gasteiger partial charge in [0.05, 0.1) is 19.5 Å². The highest BCUT2D eigenvalue weighted by molar-refractivity contribution is 5.87. The van der Waals surface area contributed by atoms with Gasteiger partial charge in [0.15, 0.2) is 5.69 Å². The summed E-state index contributed by atoms with van der Waals surface area (Å²) in [5, 5.41) is 11.2. The highest BCUT2D eigenvalue weighted by Crippen LogP contribution is 2.05. The maximum absolute atomic E-state index is 11.1. The van der Waals surface area contributed by atoms with Gasteiger partial charge in [0, 0.05) is 0 Å². The summed E-state index contributed by atoms with van der Waals surface area (Å²) >= 11 is 0. The van der Waals surface area contributed by atoms with Crippen LogP contribution in [0.15, 0.2) is 12.4 Å². The lowest BCUT2D eigenvalue weighted by Crippen LogP contribution is -2.26. The van der Waals surface area contributed by atoms with Crippen molar-refractivity contribution in [2.75, 3.05) is 12.4 Å². The summed E-state index contributed by atoms with van der Waals surface area (Å²) in [7, 11) is 1.23. The Bertz CT molecular complexity index is 407. The van der Waals surface area contributed by atoms with Gasteiger partial charge in [-0.1, -0.05) is 0 Å². The Labute approximate surface area is 91.5 Å². The summed E-state index contributed by atoms with van der Waals surface area (Å²) in [6, 6.07) is -0.817. The first-order chi connectivity index (χ1) is 7.54. The number of hydrogen-bond acceptors (Lipinski definition) is 6. The molecule has 0 saturated carbocycles. The number of carboxylic acid groups (broad SMARTS) is 1. The van der Waals surface area contributed by atoms with Crippen molar-refractivity contribution in [3.63, 3.8) is 0 Å². The van der Waals surface area contributed by atoms with E-state index in [0.29, 0.717) is 0 Å². The van der Waals surface area contributed by atoms with Gasteiger partial charge in [-0.25, -0.2) is 9.78 Å². The Morgan fingerprint density at radius 1 is 1.50 bits per heavy atom. The van der Waals surface area contributed by atoms with E-state index in [4.69, 9.17) is 5.11 Å². The Hall–Kier alpha value is -2.18. The van der Waals surface area contributed by atoms with Gasteiger partial charge < -0.3 is 15.2 Å². The van der Waals surface area contributed by atoms with E-state index in [0.717, 1.165) is 0 Å². The number of aromatic nitrogens is 2. The fourth-order valence-electron chi connectivity index (χ4n) is 0.922. The fraction of sp³-hybridized carbons (Fsp3) is 0.333. The standard InChI is InChI=1S/C9H11N3O4/c1-5(8(13)14)11-7-4-10-3-6(12-7)9(15)16-2/h3-5H,1-2H3,(H,11,12)(H,13,14). The zero-order valence-electron chi connectivity index (χ0n) is 8.80. The topological polar surface area (TPSA) is 101 Å². The molecular weight excluding hydrogens is 214 g/mol. The minimum Gasteiger partial charge on any atom is -0.480 e. The van der Waals surface area contributed by atoms with Crippen LogP contribution in [-0.2, 0) is 9.53 Å². The van der Waals surface area contributed by atoms with E-state index < -0.39 is 18.0 Å². The smallest absolute Gasteiger partial charge is 0.358 e. The third-order valence-electron chi connectivity index (χ3n) is 1.76. The maximum Gasteiger partial charge on any atom is 0.358 e. The van der Waals surface area contributed by atoms with Gasteiger partial charge in [-0.05, 0) is 6.92 Å². The molecule has 7 heteroatoms. The molecule has 7 nitrogen and oxygen atoms in total. The van der Waals surface area contributed by atoms with E-state index in [-0.39, 0.29) is 11.5 Å². The first kappa shape index (κ1) is 11.9. The molecule has 1 atom stereocenters. The van der Waals surface area contributed by atoms with Crippen LogP contribution in [0, 0.1) is 0 Å². The molecule has 1 aromatic heterocycles. The van der Waals surface area contributed by atoms with E-state index in [1.165, 1.54) is 26.4 Å². The number of ether oxygens (including phenoxy) is 1. The predicted molar refractivity (Wildman–Crippen MR) is 54.1 cm³/mol. The summed E-state index contributed by atoms with van der Waals surface area (Å²) in [4.78, 5) is 29.3. The SMILES string of the molecule is COC(=O)c1cncc(NC(C)C(=O)O)n1. The molecular formula is C9H11N3O4. The second-order valence-corrected chi connectivity index (χ2v) is 2.99. The molecule has 0 amide bonds. The summed E-state index contributed by atoms with van der Waals surface area (Å²) in [6.07, 6.45) is 2.56. The first-order valence-corrected chi connectivity index (χ1v) is 4.44. The molecule has 16 heavy (non-hydrogen) atoms. The van der Waals surface area contributed by atoms with Crippen LogP contribution in [0.1, 0.15) is 17.4 Å². The van der Waals surface area contributed by atoms with Crippen molar-refractivity contribution in [3.05, 3.63) is 18.1 Å². The Morgan fingerprint density at radius 3 is 2.75 bits per heavy atom. The largest absolute Gasteiger partial charge is 0.480 e. The lowest BCUT2D eigenvalue weighted by atomic mass is 10.3. The molecule has 0 aliphatic carbocycles. The number of nitrogens with one attached hydrogen (secondary N) is 1. The number of anilines is 1. The molecule has 0 spiro atoms. The monoisotopic (exact) mass is 225 g/mol. The number of carbonyl (C=O) groups excluding carboxylic acids is 1. The molecule has 1 unspecified atom stereocenters. The Balaban J connectivity index is 2.82. The maximum atomic E-state index is 11.1. The average molecular weight is 225 g/mol. The van der Waals surface area contributed by atoms with Crippen molar-refractivity contribution < 1.29 is 19.4 Å². The molecule has 1 aromatic rings. The number of esters is 1. The number of carbonyl (C=O) groups is 2. The molecule has 0 radical (unpaired) electrons. The van der Waals surface area contributed by atoms with Crippen LogP contribution >= 0.6 is 0 Å². The Kier molecular flexibility index (Phi) is 3.76. The van der Waals surface area contributed by atoms with Gasteiger partial charge in [0.2, 0.25) is 0 Å². The molecule has 0 saturated heterocycles. The molecule has 1 rings (SSSR count). The van der Waals surface area contributed by atoms with Crippen LogP contribution in [0.2, 0.25) is 0 Å². The minimum atomic E-state index is -1.02. The van der Waals surface area contributed by atoms with Crippen LogP contribution in [0.3, 0.4) is 0 Å². The fourth-order valence-corrected chi connectivity index (χ4v) is 0.922. The van der Waals surface area contributed by atoms with Gasteiger partial charge in [-0.3, -0.25) is 9.78 Å². The van der Waals surface area contributed by atoms with Crippen molar-refractivity contribution in [2.24, 2.45) is 0 Å². The lowest BCUT2D eigenvalue weighted by molar-refractivity contribution is -0.137. The molecule has 0 aliphatic rings. The third-order valence-corrected chi connectivity index (χ3v) is 1.76. The number of carboxylic acids is 1. The lowest BCUT2D eigenvalue weighted by Gasteiger charge is -2.09. The van der Waals surface area contributed by atoms with Gasteiger partial charge in [0.25, 0.3) is 0 Å². The zero-order valence-corrected chi connectivity index (χ0v) is 8.80. The summed E-state index contributed by atoms with van der Waals surface area (Å²) in [5.41, 5.74) is 0.0186. The molecule has 0 aliphatic heterocycles. The van der Waals surface area contributed by atoms with E-state index in [9.17, 15) is 9.59 Å². The van der Waals surface area contributed by atoms with Crippen molar-refractivity contribution in [3.8, 4) is 0 Å². The normalized spacial score (nSPS) is 11.6. The number of rotatable bonds is 4. The van der Waals surface area contributed by atoms with Gasteiger partial charge >= 0.3 is 11.9 Å². The van der Waals surface area contributed by atoms with Crippen molar-refractivity contribution >= 4 is 17.8 Å².